The van der Waals surface area contributed by atoms with Crippen molar-refractivity contribution < 1.29 is 14.0 Å². The minimum Gasteiger partial charge on any atom is -0.462 e. The molecule has 5 rings (SSSR count). The third-order valence-electron chi connectivity index (χ3n) is 5.81. The largest absolute Gasteiger partial charge is 0.462 e. The van der Waals surface area contributed by atoms with Crippen molar-refractivity contribution in [1.82, 2.24) is 16.0 Å². The molecule has 26 heavy (non-hydrogen) atoms. The first kappa shape index (κ1) is 15.7. The molecule has 0 unspecified atom stereocenters. The van der Waals surface area contributed by atoms with Gasteiger partial charge in [0.05, 0.1) is 12.2 Å². The second-order valence-corrected chi connectivity index (χ2v) is 7.47. The van der Waals surface area contributed by atoms with E-state index < -0.39 is 0 Å². The van der Waals surface area contributed by atoms with Crippen LogP contribution in [0.15, 0.2) is 28.9 Å². The Bertz CT molecular complexity index is 877. The van der Waals surface area contributed by atoms with E-state index >= 15 is 0 Å². The average molecular weight is 354 g/mol. The van der Waals surface area contributed by atoms with Crippen molar-refractivity contribution in [3.05, 3.63) is 30.0 Å². The van der Waals surface area contributed by atoms with Crippen LogP contribution < -0.4 is 20.9 Å². The highest BCUT2D eigenvalue weighted by Crippen LogP contribution is 2.31. The Morgan fingerprint density at radius 1 is 1.31 bits per heavy atom. The van der Waals surface area contributed by atoms with Crippen LogP contribution in [0.1, 0.15) is 29.6 Å². The average Bonchev–Trinajstić information content (AvgIpc) is 3.36. The zero-order chi connectivity index (χ0) is 17.7. The molecule has 1 aromatic carbocycles. The second kappa shape index (κ2) is 6.02. The Kier molecular flexibility index (Phi) is 3.63. The van der Waals surface area contributed by atoms with Crippen LogP contribution in [0.4, 0.5) is 5.69 Å². The number of hydrogen-bond acceptors (Lipinski definition) is 5. The molecule has 0 saturated carbocycles. The molecule has 0 radical (unpaired) electrons. The molecule has 136 valence electrons. The molecule has 3 aliphatic heterocycles. The SMILES string of the molecule is O=C1CN(c2coc3ccc(C(=O)N[C@@H]4C[C@H]5CC[C@@H]4N5)cc23)CCN1. The minimum atomic E-state index is -0.0465. The number of carbonyl (C=O) groups is 2. The van der Waals surface area contributed by atoms with Crippen LogP contribution in [0.25, 0.3) is 11.0 Å². The summed E-state index contributed by atoms with van der Waals surface area (Å²) in [6, 6.07) is 6.68. The lowest BCUT2D eigenvalue weighted by molar-refractivity contribution is -0.120. The van der Waals surface area contributed by atoms with Gasteiger partial charge in [-0.1, -0.05) is 0 Å². The highest BCUT2D eigenvalue weighted by molar-refractivity contribution is 6.01. The summed E-state index contributed by atoms with van der Waals surface area (Å²) in [5.41, 5.74) is 2.22. The van der Waals surface area contributed by atoms with Crippen molar-refractivity contribution >= 4 is 28.5 Å². The minimum absolute atomic E-state index is 0.00304. The normalized spacial score (nSPS) is 27.8. The Balaban J connectivity index is 1.39. The van der Waals surface area contributed by atoms with Crippen molar-refractivity contribution in [2.45, 2.75) is 37.4 Å². The van der Waals surface area contributed by atoms with E-state index in [0.717, 1.165) is 36.0 Å². The van der Waals surface area contributed by atoms with Crippen LogP contribution in [-0.2, 0) is 4.79 Å². The van der Waals surface area contributed by atoms with Crippen molar-refractivity contribution in [2.24, 2.45) is 0 Å². The number of anilines is 1. The van der Waals surface area contributed by atoms with Gasteiger partial charge in [0.15, 0.2) is 0 Å². The number of carbonyl (C=O) groups excluding carboxylic acids is 2. The summed E-state index contributed by atoms with van der Waals surface area (Å²) in [5, 5.41) is 10.4. The third kappa shape index (κ3) is 2.63. The van der Waals surface area contributed by atoms with Crippen molar-refractivity contribution in [3.63, 3.8) is 0 Å². The zero-order valence-corrected chi connectivity index (χ0v) is 14.5. The summed E-state index contributed by atoms with van der Waals surface area (Å²) in [7, 11) is 0. The Morgan fingerprint density at radius 2 is 2.23 bits per heavy atom. The van der Waals surface area contributed by atoms with Gasteiger partial charge in [0.2, 0.25) is 5.91 Å². The maximum atomic E-state index is 12.7. The highest BCUT2D eigenvalue weighted by atomic mass is 16.3. The Morgan fingerprint density at radius 3 is 3.00 bits per heavy atom. The fourth-order valence-corrected chi connectivity index (χ4v) is 4.48. The molecule has 7 nitrogen and oxygen atoms in total. The molecule has 3 aliphatic rings. The molecule has 4 heterocycles. The fourth-order valence-electron chi connectivity index (χ4n) is 4.48. The van der Waals surface area contributed by atoms with E-state index in [1.165, 1.54) is 6.42 Å². The van der Waals surface area contributed by atoms with E-state index in [1.54, 1.807) is 12.3 Å². The van der Waals surface area contributed by atoms with E-state index in [0.29, 0.717) is 30.7 Å². The van der Waals surface area contributed by atoms with Crippen LogP contribution in [0, 0.1) is 0 Å². The molecule has 0 aliphatic carbocycles. The van der Waals surface area contributed by atoms with Crippen LogP contribution in [0.5, 0.6) is 0 Å². The molecule has 3 N–H and O–H groups in total. The monoisotopic (exact) mass is 354 g/mol. The van der Waals surface area contributed by atoms with Gasteiger partial charge in [0.1, 0.15) is 11.8 Å². The maximum absolute atomic E-state index is 12.7. The second-order valence-electron chi connectivity index (χ2n) is 7.47. The number of furan rings is 1. The predicted octanol–water partition coefficient (Wildman–Crippen LogP) is 0.992. The molecule has 3 atom stereocenters. The number of amides is 2. The van der Waals surface area contributed by atoms with Gasteiger partial charge in [0.25, 0.3) is 5.91 Å². The van der Waals surface area contributed by atoms with Gasteiger partial charge >= 0.3 is 0 Å². The predicted molar refractivity (Wildman–Crippen MR) is 97.3 cm³/mol. The Hall–Kier alpha value is -2.54. The van der Waals surface area contributed by atoms with Crippen LogP contribution in [0.3, 0.4) is 0 Å². The van der Waals surface area contributed by atoms with Gasteiger partial charge < -0.3 is 25.3 Å². The Labute approximate surface area is 151 Å². The first-order valence-corrected chi connectivity index (χ1v) is 9.27. The topological polar surface area (TPSA) is 86.6 Å². The van der Waals surface area contributed by atoms with E-state index in [4.69, 9.17) is 4.42 Å². The van der Waals surface area contributed by atoms with Gasteiger partial charge in [-0.2, -0.15) is 0 Å². The number of rotatable bonds is 3. The first-order chi connectivity index (χ1) is 12.7. The molecule has 3 saturated heterocycles. The highest BCUT2D eigenvalue weighted by Gasteiger charge is 2.39. The lowest BCUT2D eigenvalue weighted by atomic mass is 9.95. The van der Waals surface area contributed by atoms with E-state index in [2.05, 4.69) is 16.0 Å². The summed E-state index contributed by atoms with van der Waals surface area (Å²) in [6.07, 6.45) is 5.03. The van der Waals surface area contributed by atoms with Crippen LogP contribution in [-0.4, -0.2) is 49.6 Å². The van der Waals surface area contributed by atoms with E-state index in [-0.39, 0.29) is 17.9 Å². The molecule has 2 amide bonds. The molecular formula is C19H22N4O3. The molecule has 3 fully saturated rings. The lowest BCUT2D eigenvalue weighted by Gasteiger charge is -2.27. The fraction of sp³-hybridized carbons (Fsp3) is 0.474. The summed E-state index contributed by atoms with van der Waals surface area (Å²) in [4.78, 5) is 26.4. The molecule has 7 heteroatoms. The van der Waals surface area contributed by atoms with Crippen molar-refractivity contribution in [1.29, 1.82) is 0 Å². The number of nitrogens with one attached hydrogen (secondary N) is 3. The number of benzene rings is 1. The molecule has 2 aromatic rings. The third-order valence-corrected chi connectivity index (χ3v) is 5.81. The van der Waals surface area contributed by atoms with E-state index in [9.17, 15) is 9.59 Å². The first-order valence-electron chi connectivity index (χ1n) is 9.27. The smallest absolute Gasteiger partial charge is 0.251 e. The van der Waals surface area contributed by atoms with Crippen LogP contribution >= 0.6 is 0 Å². The molecule has 0 spiro atoms. The maximum Gasteiger partial charge on any atom is 0.251 e. The van der Waals surface area contributed by atoms with Gasteiger partial charge in [-0.05, 0) is 37.5 Å². The quantitative estimate of drug-likeness (QED) is 0.765. The van der Waals surface area contributed by atoms with Gasteiger partial charge in [-0.3, -0.25) is 9.59 Å². The number of fused-ring (bicyclic) bond motifs is 3. The molecular weight excluding hydrogens is 332 g/mol. The molecule has 2 bridgehead atoms. The summed E-state index contributed by atoms with van der Waals surface area (Å²) in [6.45, 7) is 1.65. The van der Waals surface area contributed by atoms with Gasteiger partial charge in [-0.15, -0.1) is 0 Å². The van der Waals surface area contributed by atoms with E-state index in [1.807, 2.05) is 17.0 Å². The van der Waals surface area contributed by atoms with Crippen molar-refractivity contribution in [3.8, 4) is 0 Å². The van der Waals surface area contributed by atoms with Crippen molar-refractivity contribution in [2.75, 3.05) is 24.5 Å². The number of hydrogen-bond donors (Lipinski definition) is 3. The standard InChI is InChI=1S/C19H22N4O3/c24-18-9-23(6-5-20-18)16-10-26-17-4-1-11(7-13(16)17)19(25)22-15-8-12-2-3-14(15)21-12/h1,4,7,10,12,14-15,21H,2-3,5-6,8-9H2,(H,20,24)(H,22,25)/t12-,14+,15-/m1/s1. The zero-order valence-electron chi connectivity index (χ0n) is 14.5. The van der Waals surface area contributed by atoms with Crippen LogP contribution in [0.2, 0.25) is 0 Å². The summed E-state index contributed by atoms with van der Waals surface area (Å²) < 4.78 is 5.63. The molecule has 1 aromatic heterocycles. The van der Waals surface area contributed by atoms with Gasteiger partial charge in [0, 0.05) is 42.2 Å². The number of nitrogens with zero attached hydrogens (tertiary/aromatic N) is 1. The summed E-state index contributed by atoms with van der Waals surface area (Å²) >= 11 is 0. The summed E-state index contributed by atoms with van der Waals surface area (Å²) in [5.74, 6) is -0.0435. The lowest BCUT2D eigenvalue weighted by Crippen LogP contribution is -2.47. The number of piperazine rings is 1. The van der Waals surface area contributed by atoms with Gasteiger partial charge in [-0.25, -0.2) is 0 Å².